The van der Waals surface area contributed by atoms with Gasteiger partial charge in [-0.1, -0.05) is 35.9 Å². The Labute approximate surface area is 126 Å². The van der Waals surface area contributed by atoms with Crippen LogP contribution in [0.25, 0.3) is 10.8 Å². The van der Waals surface area contributed by atoms with Crippen LogP contribution in [0.3, 0.4) is 0 Å². The number of benzene rings is 2. The summed E-state index contributed by atoms with van der Waals surface area (Å²) in [6.07, 6.45) is 3.08. The molecule has 1 unspecified atom stereocenters. The number of halogens is 2. The second-order valence-corrected chi connectivity index (χ2v) is 5.31. The Morgan fingerprint density at radius 3 is 2.86 bits per heavy atom. The third kappa shape index (κ3) is 2.89. The van der Waals surface area contributed by atoms with E-state index in [1.165, 1.54) is 12.1 Å². The number of nitrogens with zero attached hydrogens (tertiary/aromatic N) is 1. The predicted octanol–water partition coefficient (Wildman–Crippen LogP) is 4.30. The third-order valence-corrected chi connectivity index (χ3v) is 3.85. The number of pyridine rings is 1. The van der Waals surface area contributed by atoms with Crippen molar-refractivity contribution in [1.82, 2.24) is 4.98 Å². The fraction of sp³-hybridized carbons (Fsp3) is 0.118. The Kier molecular flexibility index (Phi) is 3.86. The Hall–Kier alpha value is -1.97. The Balaban J connectivity index is 1.95. The van der Waals surface area contributed by atoms with Gasteiger partial charge in [0.15, 0.2) is 0 Å². The summed E-state index contributed by atoms with van der Waals surface area (Å²) in [7, 11) is 0. The fourth-order valence-electron chi connectivity index (χ4n) is 2.44. The molecule has 21 heavy (non-hydrogen) atoms. The summed E-state index contributed by atoms with van der Waals surface area (Å²) in [5.41, 5.74) is 1.53. The van der Waals surface area contributed by atoms with Crippen molar-refractivity contribution in [3.05, 3.63) is 76.8 Å². The van der Waals surface area contributed by atoms with Crippen LogP contribution in [0.5, 0.6) is 0 Å². The molecule has 3 rings (SSSR count). The predicted molar refractivity (Wildman–Crippen MR) is 81.8 cm³/mol. The van der Waals surface area contributed by atoms with E-state index < -0.39 is 6.10 Å². The molecule has 2 aromatic carbocycles. The molecule has 4 heteroatoms. The van der Waals surface area contributed by atoms with Gasteiger partial charge in [-0.2, -0.15) is 0 Å². The number of aliphatic hydroxyl groups excluding tert-OH is 1. The van der Waals surface area contributed by atoms with E-state index in [1.54, 1.807) is 18.5 Å². The monoisotopic (exact) mass is 301 g/mol. The van der Waals surface area contributed by atoms with Gasteiger partial charge in [0.05, 0.1) is 6.10 Å². The number of rotatable bonds is 3. The molecule has 0 saturated carbocycles. The summed E-state index contributed by atoms with van der Waals surface area (Å²) < 4.78 is 13.1. The second kappa shape index (κ2) is 5.80. The maximum atomic E-state index is 13.1. The van der Waals surface area contributed by atoms with E-state index in [1.807, 2.05) is 24.3 Å². The van der Waals surface area contributed by atoms with Crippen molar-refractivity contribution in [2.24, 2.45) is 0 Å². The lowest BCUT2D eigenvalue weighted by Crippen LogP contribution is -2.03. The summed E-state index contributed by atoms with van der Waals surface area (Å²) >= 11 is 6.02. The first-order valence-electron chi connectivity index (χ1n) is 6.60. The highest BCUT2D eigenvalue weighted by molar-refractivity contribution is 6.31. The Morgan fingerprint density at radius 1 is 1.19 bits per heavy atom. The molecule has 0 fully saturated rings. The van der Waals surface area contributed by atoms with E-state index in [0.717, 1.165) is 21.9 Å². The van der Waals surface area contributed by atoms with Gasteiger partial charge in [0.25, 0.3) is 0 Å². The van der Waals surface area contributed by atoms with Gasteiger partial charge in [-0.05, 0) is 34.7 Å². The topological polar surface area (TPSA) is 33.1 Å². The van der Waals surface area contributed by atoms with Crippen molar-refractivity contribution in [3.63, 3.8) is 0 Å². The first-order chi connectivity index (χ1) is 10.1. The van der Waals surface area contributed by atoms with Crippen LogP contribution in [0, 0.1) is 5.82 Å². The van der Waals surface area contributed by atoms with E-state index in [9.17, 15) is 9.50 Å². The molecule has 0 aliphatic rings. The highest BCUT2D eigenvalue weighted by atomic mass is 35.5. The number of fused-ring (bicyclic) bond motifs is 1. The quantitative estimate of drug-likeness (QED) is 0.782. The molecule has 3 aromatic rings. The van der Waals surface area contributed by atoms with E-state index >= 15 is 0 Å². The Bertz CT molecular complexity index is 785. The van der Waals surface area contributed by atoms with Gasteiger partial charge in [-0.3, -0.25) is 4.98 Å². The minimum Gasteiger partial charge on any atom is -0.388 e. The molecule has 1 atom stereocenters. The zero-order valence-corrected chi connectivity index (χ0v) is 11.9. The average Bonchev–Trinajstić information content (AvgIpc) is 2.49. The van der Waals surface area contributed by atoms with Gasteiger partial charge < -0.3 is 5.11 Å². The van der Waals surface area contributed by atoms with E-state index in [-0.39, 0.29) is 5.82 Å². The van der Waals surface area contributed by atoms with Crippen molar-refractivity contribution < 1.29 is 9.50 Å². The third-order valence-electron chi connectivity index (χ3n) is 3.50. The number of aromatic nitrogens is 1. The maximum Gasteiger partial charge on any atom is 0.124 e. The van der Waals surface area contributed by atoms with Crippen molar-refractivity contribution in [1.29, 1.82) is 0 Å². The molecular weight excluding hydrogens is 289 g/mol. The molecule has 0 radical (unpaired) electrons. The number of hydrogen-bond acceptors (Lipinski definition) is 2. The van der Waals surface area contributed by atoms with E-state index in [4.69, 9.17) is 11.6 Å². The largest absolute Gasteiger partial charge is 0.388 e. The van der Waals surface area contributed by atoms with Gasteiger partial charge in [-0.15, -0.1) is 0 Å². The lowest BCUT2D eigenvalue weighted by atomic mass is 9.97. The van der Waals surface area contributed by atoms with Crippen LogP contribution in [0.1, 0.15) is 17.2 Å². The van der Waals surface area contributed by atoms with Crippen LogP contribution in [-0.2, 0) is 6.42 Å². The zero-order chi connectivity index (χ0) is 14.8. The van der Waals surface area contributed by atoms with Crippen LogP contribution in [0.15, 0.2) is 54.9 Å². The first kappa shape index (κ1) is 14.0. The van der Waals surface area contributed by atoms with Gasteiger partial charge in [-0.25, -0.2) is 4.39 Å². The molecule has 1 heterocycles. The molecule has 2 nitrogen and oxygen atoms in total. The van der Waals surface area contributed by atoms with Crippen LogP contribution in [-0.4, -0.2) is 10.1 Å². The maximum absolute atomic E-state index is 13.1. The molecular formula is C17H13ClFNO. The molecule has 1 aromatic heterocycles. The minimum atomic E-state index is -0.709. The SMILES string of the molecule is OC(Cc1ccc(F)cc1Cl)c1cccc2cnccc12. The second-order valence-electron chi connectivity index (χ2n) is 4.90. The van der Waals surface area contributed by atoms with E-state index in [0.29, 0.717) is 11.4 Å². The molecule has 0 spiro atoms. The summed E-state index contributed by atoms with van der Waals surface area (Å²) in [6.45, 7) is 0. The van der Waals surface area contributed by atoms with Crippen molar-refractivity contribution in [2.45, 2.75) is 12.5 Å². The fourth-order valence-corrected chi connectivity index (χ4v) is 2.69. The van der Waals surface area contributed by atoms with Crippen LogP contribution in [0.4, 0.5) is 4.39 Å². The smallest absolute Gasteiger partial charge is 0.124 e. The highest BCUT2D eigenvalue weighted by Gasteiger charge is 2.14. The van der Waals surface area contributed by atoms with Gasteiger partial charge >= 0.3 is 0 Å². The molecule has 0 saturated heterocycles. The van der Waals surface area contributed by atoms with Crippen LogP contribution in [0.2, 0.25) is 5.02 Å². The molecule has 0 bridgehead atoms. The van der Waals surface area contributed by atoms with Crippen LogP contribution < -0.4 is 0 Å². The normalized spacial score (nSPS) is 12.5. The Morgan fingerprint density at radius 2 is 2.05 bits per heavy atom. The van der Waals surface area contributed by atoms with Crippen LogP contribution >= 0.6 is 11.6 Å². The molecule has 1 N–H and O–H groups in total. The molecule has 0 aliphatic heterocycles. The zero-order valence-electron chi connectivity index (χ0n) is 11.1. The summed E-state index contributed by atoms with van der Waals surface area (Å²) in [4.78, 5) is 4.08. The number of hydrogen-bond donors (Lipinski definition) is 1. The minimum absolute atomic E-state index is 0.330. The number of aliphatic hydroxyl groups is 1. The molecule has 106 valence electrons. The van der Waals surface area contributed by atoms with Crippen molar-refractivity contribution >= 4 is 22.4 Å². The summed E-state index contributed by atoms with van der Waals surface area (Å²) in [6, 6.07) is 11.8. The lowest BCUT2D eigenvalue weighted by molar-refractivity contribution is 0.180. The van der Waals surface area contributed by atoms with Gasteiger partial charge in [0.1, 0.15) is 5.82 Å². The standard InChI is InChI=1S/C17H13ClFNO/c18-16-9-13(19)5-4-11(16)8-17(21)15-3-1-2-12-10-20-7-6-14(12)15/h1-7,9-10,17,21H,8H2. The summed E-state index contributed by atoms with van der Waals surface area (Å²) in [5, 5.41) is 12.8. The van der Waals surface area contributed by atoms with Gasteiger partial charge in [0, 0.05) is 29.2 Å². The van der Waals surface area contributed by atoms with Gasteiger partial charge in [0.2, 0.25) is 0 Å². The first-order valence-corrected chi connectivity index (χ1v) is 6.97. The van der Waals surface area contributed by atoms with Crippen molar-refractivity contribution in [2.75, 3.05) is 0 Å². The average molecular weight is 302 g/mol. The summed E-state index contributed by atoms with van der Waals surface area (Å²) in [5.74, 6) is -0.380. The lowest BCUT2D eigenvalue weighted by Gasteiger charge is -2.14. The van der Waals surface area contributed by atoms with Crippen molar-refractivity contribution in [3.8, 4) is 0 Å². The van der Waals surface area contributed by atoms with E-state index in [2.05, 4.69) is 4.98 Å². The molecule has 0 amide bonds. The molecule has 0 aliphatic carbocycles. The highest BCUT2D eigenvalue weighted by Crippen LogP contribution is 2.28.